The van der Waals surface area contributed by atoms with E-state index in [9.17, 15) is 0 Å². The zero-order valence-corrected chi connectivity index (χ0v) is 11.0. The molecule has 0 amide bonds. The molecule has 0 saturated carbocycles. The van der Waals surface area contributed by atoms with Gasteiger partial charge in [0.2, 0.25) is 0 Å². The molecule has 94 valence electrons. The molecule has 17 heavy (non-hydrogen) atoms. The van der Waals surface area contributed by atoms with Crippen LogP contribution in [0.4, 0.5) is 5.69 Å². The molecule has 0 aliphatic carbocycles. The predicted molar refractivity (Wildman–Crippen MR) is 74.0 cm³/mol. The Morgan fingerprint density at radius 3 is 2.71 bits per heavy atom. The Morgan fingerprint density at radius 2 is 2.06 bits per heavy atom. The molecule has 1 aromatic carbocycles. The first-order chi connectivity index (χ1) is 8.15. The van der Waals surface area contributed by atoms with Crippen LogP contribution in [0.1, 0.15) is 32.3 Å². The van der Waals surface area contributed by atoms with E-state index in [0.29, 0.717) is 6.04 Å². The van der Waals surface area contributed by atoms with Gasteiger partial charge in [-0.05, 0) is 62.9 Å². The summed E-state index contributed by atoms with van der Waals surface area (Å²) in [4.78, 5) is 2.61. The fourth-order valence-corrected chi connectivity index (χ4v) is 2.66. The lowest BCUT2D eigenvalue weighted by Gasteiger charge is -2.35. The normalized spacial score (nSPS) is 20.4. The highest BCUT2D eigenvalue weighted by atomic mass is 15.2. The quantitative estimate of drug-likeness (QED) is 0.812. The fourth-order valence-electron chi connectivity index (χ4n) is 2.66. The number of nitrogens with zero attached hydrogens (tertiary/aromatic N) is 1. The van der Waals surface area contributed by atoms with Gasteiger partial charge in [-0.3, -0.25) is 0 Å². The number of piperidine rings is 1. The third kappa shape index (κ3) is 3.47. The van der Waals surface area contributed by atoms with E-state index in [4.69, 9.17) is 5.73 Å². The largest absolute Gasteiger partial charge is 0.399 e. The second-order valence-corrected chi connectivity index (χ2v) is 5.52. The van der Waals surface area contributed by atoms with E-state index in [-0.39, 0.29) is 0 Å². The minimum atomic E-state index is 0.629. The van der Waals surface area contributed by atoms with Crippen LogP contribution in [0.15, 0.2) is 24.3 Å². The number of nitrogen functional groups attached to an aromatic ring is 1. The first-order valence-corrected chi connectivity index (χ1v) is 6.73. The van der Waals surface area contributed by atoms with Crippen LogP contribution < -0.4 is 5.73 Å². The molecular formula is C15H24N2. The summed E-state index contributed by atoms with van der Waals surface area (Å²) in [6.07, 6.45) is 3.81. The molecule has 1 heterocycles. The Labute approximate surface area is 105 Å². The average molecular weight is 232 g/mol. The van der Waals surface area contributed by atoms with Crippen molar-refractivity contribution in [2.45, 2.75) is 39.2 Å². The molecule has 1 fully saturated rings. The van der Waals surface area contributed by atoms with Crippen molar-refractivity contribution in [2.24, 2.45) is 5.92 Å². The van der Waals surface area contributed by atoms with E-state index in [0.717, 1.165) is 18.0 Å². The maximum absolute atomic E-state index is 5.82. The van der Waals surface area contributed by atoms with E-state index < -0.39 is 0 Å². The third-order valence-corrected chi connectivity index (χ3v) is 3.92. The predicted octanol–water partition coefficient (Wildman–Crippen LogP) is 2.93. The number of nitrogens with two attached hydrogens (primary N) is 1. The van der Waals surface area contributed by atoms with Crippen LogP contribution >= 0.6 is 0 Å². The van der Waals surface area contributed by atoms with Gasteiger partial charge in [0.25, 0.3) is 0 Å². The maximum atomic E-state index is 5.82. The minimum absolute atomic E-state index is 0.629. The maximum Gasteiger partial charge on any atom is 0.0316 e. The molecule has 2 heteroatoms. The summed E-state index contributed by atoms with van der Waals surface area (Å²) in [6, 6.07) is 8.92. The summed E-state index contributed by atoms with van der Waals surface area (Å²) in [6.45, 7) is 7.20. The molecule has 1 unspecified atom stereocenters. The highest BCUT2D eigenvalue weighted by Crippen LogP contribution is 2.20. The molecule has 1 aliphatic rings. The highest BCUT2D eigenvalue weighted by Gasteiger charge is 2.20. The summed E-state index contributed by atoms with van der Waals surface area (Å²) >= 11 is 0. The van der Waals surface area contributed by atoms with E-state index in [2.05, 4.69) is 36.9 Å². The Kier molecular flexibility index (Phi) is 4.06. The van der Waals surface area contributed by atoms with E-state index in [1.165, 1.54) is 31.5 Å². The topological polar surface area (TPSA) is 29.3 Å². The summed E-state index contributed by atoms with van der Waals surface area (Å²) in [5.41, 5.74) is 8.05. The number of hydrogen-bond donors (Lipinski definition) is 1. The monoisotopic (exact) mass is 232 g/mol. The van der Waals surface area contributed by atoms with Crippen LogP contribution in [-0.4, -0.2) is 24.0 Å². The SMILES string of the molecule is CC1CCN(C(C)Cc2cccc(N)c2)CC1. The average Bonchev–Trinajstić information content (AvgIpc) is 2.29. The van der Waals surface area contributed by atoms with Crippen LogP contribution in [0, 0.1) is 5.92 Å². The molecule has 2 nitrogen and oxygen atoms in total. The lowest BCUT2D eigenvalue weighted by molar-refractivity contribution is 0.146. The second-order valence-electron chi connectivity index (χ2n) is 5.52. The third-order valence-electron chi connectivity index (χ3n) is 3.92. The molecule has 1 atom stereocenters. The summed E-state index contributed by atoms with van der Waals surface area (Å²) < 4.78 is 0. The Hall–Kier alpha value is -1.02. The van der Waals surface area contributed by atoms with Gasteiger partial charge in [0, 0.05) is 11.7 Å². The molecule has 0 radical (unpaired) electrons. The first-order valence-electron chi connectivity index (χ1n) is 6.73. The molecule has 2 rings (SSSR count). The Morgan fingerprint density at radius 1 is 1.35 bits per heavy atom. The van der Waals surface area contributed by atoms with E-state index in [1.807, 2.05) is 6.07 Å². The summed E-state index contributed by atoms with van der Waals surface area (Å²) in [7, 11) is 0. The smallest absolute Gasteiger partial charge is 0.0316 e. The van der Waals surface area contributed by atoms with Crippen LogP contribution in [0.25, 0.3) is 0 Å². The number of anilines is 1. The van der Waals surface area contributed by atoms with Crippen molar-refractivity contribution in [1.82, 2.24) is 4.90 Å². The van der Waals surface area contributed by atoms with Gasteiger partial charge in [-0.15, -0.1) is 0 Å². The molecule has 0 bridgehead atoms. The van der Waals surface area contributed by atoms with Crippen LogP contribution in [0.5, 0.6) is 0 Å². The molecule has 2 N–H and O–H groups in total. The van der Waals surface area contributed by atoms with Crippen molar-refractivity contribution >= 4 is 5.69 Å². The lowest BCUT2D eigenvalue weighted by Crippen LogP contribution is -2.40. The number of benzene rings is 1. The number of rotatable bonds is 3. The van der Waals surface area contributed by atoms with Gasteiger partial charge in [-0.2, -0.15) is 0 Å². The van der Waals surface area contributed by atoms with Gasteiger partial charge in [0.15, 0.2) is 0 Å². The van der Waals surface area contributed by atoms with Gasteiger partial charge in [0.1, 0.15) is 0 Å². The van der Waals surface area contributed by atoms with Gasteiger partial charge in [0.05, 0.1) is 0 Å². The van der Waals surface area contributed by atoms with Crippen molar-refractivity contribution in [3.05, 3.63) is 29.8 Å². The van der Waals surface area contributed by atoms with Crippen LogP contribution in [0.2, 0.25) is 0 Å². The lowest BCUT2D eigenvalue weighted by atomic mass is 9.96. The fraction of sp³-hybridized carbons (Fsp3) is 0.600. The standard InChI is InChI=1S/C15H24N2/c1-12-6-8-17(9-7-12)13(2)10-14-4-3-5-15(16)11-14/h3-5,11-13H,6-10,16H2,1-2H3. The van der Waals surface area contributed by atoms with Crippen LogP contribution in [0.3, 0.4) is 0 Å². The highest BCUT2D eigenvalue weighted by molar-refractivity contribution is 5.40. The molecular weight excluding hydrogens is 208 g/mol. The Balaban J connectivity index is 1.90. The van der Waals surface area contributed by atoms with Crippen molar-refractivity contribution in [1.29, 1.82) is 0 Å². The van der Waals surface area contributed by atoms with E-state index in [1.54, 1.807) is 0 Å². The second kappa shape index (κ2) is 5.54. The van der Waals surface area contributed by atoms with Crippen LogP contribution in [-0.2, 0) is 6.42 Å². The minimum Gasteiger partial charge on any atom is -0.399 e. The van der Waals surface area contributed by atoms with E-state index >= 15 is 0 Å². The number of hydrogen-bond acceptors (Lipinski definition) is 2. The van der Waals surface area contributed by atoms with Gasteiger partial charge < -0.3 is 10.6 Å². The van der Waals surface area contributed by atoms with Gasteiger partial charge in [-0.1, -0.05) is 19.1 Å². The van der Waals surface area contributed by atoms with Crippen molar-refractivity contribution < 1.29 is 0 Å². The summed E-state index contributed by atoms with van der Waals surface area (Å²) in [5.74, 6) is 0.908. The molecule has 1 aromatic rings. The zero-order chi connectivity index (χ0) is 12.3. The zero-order valence-electron chi connectivity index (χ0n) is 11.0. The van der Waals surface area contributed by atoms with Crippen molar-refractivity contribution in [3.63, 3.8) is 0 Å². The molecule has 0 spiro atoms. The Bertz CT molecular complexity index is 354. The molecule has 0 aromatic heterocycles. The molecule has 1 aliphatic heterocycles. The first kappa shape index (κ1) is 12.4. The van der Waals surface area contributed by atoms with Crippen molar-refractivity contribution in [2.75, 3.05) is 18.8 Å². The van der Waals surface area contributed by atoms with Gasteiger partial charge >= 0.3 is 0 Å². The molecule has 1 saturated heterocycles. The summed E-state index contributed by atoms with van der Waals surface area (Å²) in [5, 5.41) is 0. The van der Waals surface area contributed by atoms with Crippen molar-refractivity contribution in [3.8, 4) is 0 Å². The van der Waals surface area contributed by atoms with Gasteiger partial charge in [-0.25, -0.2) is 0 Å². The number of likely N-dealkylation sites (tertiary alicyclic amines) is 1.